The third-order valence-corrected chi connectivity index (χ3v) is 4.50. The lowest BCUT2D eigenvalue weighted by atomic mass is 9.96. The van der Waals surface area contributed by atoms with Gasteiger partial charge < -0.3 is 10.6 Å². The number of nitrogens with two attached hydrogens (primary N) is 1. The number of likely N-dealkylation sites (tertiary alicyclic amines) is 1. The molecule has 0 radical (unpaired) electrons. The maximum absolute atomic E-state index is 12.4. The normalized spacial score (nSPS) is 16.4. The fourth-order valence-corrected chi connectivity index (χ4v) is 2.99. The van der Waals surface area contributed by atoms with Crippen molar-refractivity contribution in [3.8, 4) is 0 Å². The van der Waals surface area contributed by atoms with Crippen molar-refractivity contribution in [2.75, 3.05) is 13.1 Å². The van der Waals surface area contributed by atoms with E-state index < -0.39 is 0 Å². The number of thiocarbonyl (C=S) groups is 1. The van der Waals surface area contributed by atoms with E-state index in [9.17, 15) is 4.79 Å². The van der Waals surface area contributed by atoms with Gasteiger partial charge in [-0.15, -0.1) is 0 Å². The quantitative estimate of drug-likeness (QED) is 0.823. The Balaban J connectivity index is 2.09. The summed E-state index contributed by atoms with van der Waals surface area (Å²) in [5.41, 5.74) is 6.18. The molecule has 1 heterocycles. The van der Waals surface area contributed by atoms with Gasteiger partial charge in [-0.25, -0.2) is 0 Å². The van der Waals surface area contributed by atoms with Crippen molar-refractivity contribution in [1.29, 1.82) is 0 Å². The van der Waals surface area contributed by atoms with Crippen molar-refractivity contribution in [1.82, 2.24) is 4.90 Å². The lowest BCUT2D eigenvalue weighted by molar-refractivity contribution is 0.0710. The van der Waals surface area contributed by atoms with E-state index in [0.717, 1.165) is 17.3 Å². The molecule has 0 atom stereocenters. The zero-order chi connectivity index (χ0) is 14.0. The van der Waals surface area contributed by atoms with Crippen LogP contribution in [0.2, 0.25) is 5.02 Å². The van der Waals surface area contributed by atoms with E-state index in [1.165, 1.54) is 0 Å². The maximum atomic E-state index is 12.4. The molecule has 3 nitrogen and oxygen atoms in total. The topological polar surface area (TPSA) is 46.3 Å². The fraction of sp³-hybridized carbons (Fsp3) is 0.385. The van der Waals surface area contributed by atoms with Crippen LogP contribution in [0.3, 0.4) is 0 Å². The Morgan fingerprint density at radius 2 is 2.05 bits per heavy atom. The van der Waals surface area contributed by atoms with Crippen LogP contribution in [0.1, 0.15) is 23.2 Å². The highest BCUT2D eigenvalue weighted by molar-refractivity contribution is 9.10. The summed E-state index contributed by atoms with van der Waals surface area (Å²) in [5.74, 6) is 0.213. The van der Waals surface area contributed by atoms with E-state index in [4.69, 9.17) is 29.6 Å². The van der Waals surface area contributed by atoms with Gasteiger partial charge in [0, 0.05) is 23.5 Å². The summed E-state index contributed by atoms with van der Waals surface area (Å²) in [7, 11) is 0. The molecule has 1 amide bonds. The SMILES string of the molecule is NC(=S)C1CCN(C(=O)c2cc(Br)ccc2Cl)CC1. The maximum Gasteiger partial charge on any atom is 0.255 e. The fourth-order valence-electron chi connectivity index (χ4n) is 2.20. The second-order valence-electron chi connectivity index (χ2n) is 4.59. The Morgan fingerprint density at radius 1 is 1.42 bits per heavy atom. The molecule has 2 rings (SSSR count). The van der Waals surface area contributed by atoms with Crippen LogP contribution < -0.4 is 5.73 Å². The van der Waals surface area contributed by atoms with E-state index in [-0.39, 0.29) is 11.8 Å². The number of halogens is 2. The summed E-state index contributed by atoms with van der Waals surface area (Å²) in [5, 5.41) is 0.477. The van der Waals surface area contributed by atoms with Gasteiger partial charge in [0.2, 0.25) is 0 Å². The monoisotopic (exact) mass is 360 g/mol. The minimum absolute atomic E-state index is 0.0345. The molecule has 0 aliphatic carbocycles. The first-order chi connectivity index (χ1) is 8.99. The molecule has 1 aromatic rings. The lowest BCUT2D eigenvalue weighted by Gasteiger charge is -2.31. The van der Waals surface area contributed by atoms with Crippen molar-refractivity contribution in [2.24, 2.45) is 11.7 Å². The highest BCUT2D eigenvalue weighted by Crippen LogP contribution is 2.25. The van der Waals surface area contributed by atoms with Crippen LogP contribution in [0, 0.1) is 5.92 Å². The van der Waals surface area contributed by atoms with E-state index in [0.29, 0.717) is 28.7 Å². The molecular weight excluding hydrogens is 348 g/mol. The lowest BCUT2D eigenvalue weighted by Crippen LogP contribution is -2.41. The van der Waals surface area contributed by atoms with Crippen LogP contribution >= 0.6 is 39.7 Å². The van der Waals surface area contributed by atoms with Crippen molar-refractivity contribution >= 4 is 50.6 Å². The zero-order valence-electron chi connectivity index (χ0n) is 10.2. The number of nitrogens with zero attached hydrogens (tertiary/aromatic N) is 1. The Bertz CT molecular complexity index is 515. The average Bonchev–Trinajstić information content (AvgIpc) is 2.41. The molecule has 1 aromatic carbocycles. The first-order valence-electron chi connectivity index (χ1n) is 6.02. The van der Waals surface area contributed by atoms with Gasteiger partial charge >= 0.3 is 0 Å². The number of benzene rings is 1. The standard InChI is InChI=1S/C13H14BrClN2OS/c14-9-1-2-11(15)10(7-9)13(18)17-5-3-8(4-6-17)12(16)19/h1-2,7-8H,3-6H2,(H2,16,19). The average molecular weight is 362 g/mol. The molecular formula is C13H14BrClN2OS. The Kier molecular flexibility index (Phi) is 4.81. The van der Waals surface area contributed by atoms with Crippen molar-refractivity contribution in [3.05, 3.63) is 33.3 Å². The third-order valence-electron chi connectivity index (χ3n) is 3.34. The molecule has 19 heavy (non-hydrogen) atoms. The molecule has 0 spiro atoms. The predicted molar refractivity (Wildman–Crippen MR) is 84.6 cm³/mol. The second-order valence-corrected chi connectivity index (χ2v) is 6.39. The number of carbonyl (C=O) groups is 1. The summed E-state index contributed by atoms with van der Waals surface area (Å²) in [4.78, 5) is 14.8. The minimum atomic E-state index is -0.0345. The predicted octanol–water partition coefficient (Wildman–Crippen LogP) is 3.24. The van der Waals surface area contributed by atoms with Crippen LogP contribution in [-0.2, 0) is 0 Å². The molecule has 0 bridgehead atoms. The van der Waals surface area contributed by atoms with Crippen molar-refractivity contribution < 1.29 is 4.79 Å². The van der Waals surface area contributed by atoms with Crippen LogP contribution in [0.4, 0.5) is 0 Å². The van der Waals surface area contributed by atoms with Gasteiger partial charge in [0.25, 0.3) is 5.91 Å². The van der Waals surface area contributed by atoms with E-state index in [2.05, 4.69) is 15.9 Å². The summed E-state index contributed by atoms with van der Waals surface area (Å²) >= 11 is 14.4. The van der Waals surface area contributed by atoms with Crippen LogP contribution in [0.25, 0.3) is 0 Å². The Hall–Kier alpha value is -0.650. The minimum Gasteiger partial charge on any atom is -0.393 e. The summed E-state index contributed by atoms with van der Waals surface area (Å²) in [6.45, 7) is 1.34. The molecule has 0 saturated carbocycles. The zero-order valence-corrected chi connectivity index (χ0v) is 13.4. The number of hydrogen-bond acceptors (Lipinski definition) is 2. The Morgan fingerprint density at radius 3 is 2.63 bits per heavy atom. The van der Waals surface area contributed by atoms with E-state index >= 15 is 0 Å². The van der Waals surface area contributed by atoms with Gasteiger partial charge in [-0.2, -0.15) is 0 Å². The number of hydrogen-bond donors (Lipinski definition) is 1. The molecule has 102 valence electrons. The largest absolute Gasteiger partial charge is 0.393 e. The third kappa shape index (κ3) is 3.46. The molecule has 1 saturated heterocycles. The first kappa shape index (κ1) is 14.8. The molecule has 0 unspecified atom stereocenters. The van der Waals surface area contributed by atoms with Gasteiger partial charge in [-0.3, -0.25) is 4.79 Å². The molecule has 1 aliphatic rings. The number of piperidine rings is 1. The van der Waals surface area contributed by atoms with Crippen LogP contribution in [0.15, 0.2) is 22.7 Å². The van der Waals surface area contributed by atoms with Crippen LogP contribution in [0.5, 0.6) is 0 Å². The van der Waals surface area contributed by atoms with E-state index in [1.54, 1.807) is 12.1 Å². The van der Waals surface area contributed by atoms with Gasteiger partial charge in [0.15, 0.2) is 0 Å². The van der Waals surface area contributed by atoms with Crippen molar-refractivity contribution in [3.63, 3.8) is 0 Å². The van der Waals surface area contributed by atoms with Gasteiger partial charge in [0.1, 0.15) is 0 Å². The van der Waals surface area contributed by atoms with Crippen molar-refractivity contribution in [2.45, 2.75) is 12.8 Å². The number of amides is 1. The smallest absolute Gasteiger partial charge is 0.255 e. The summed E-state index contributed by atoms with van der Waals surface area (Å²) < 4.78 is 0.846. The second kappa shape index (κ2) is 6.20. The van der Waals surface area contributed by atoms with Crippen LogP contribution in [-0.4, -0.2) is 28.9 Å². The Labute approximate surface area is 131 Å². The number of rotatable bonds is 2. The highest BCUT2D eigenvalue weighted by Gasteiger charge is 2.26. The molecule has 2 N–H and O–H groups in total. The molecule has 0 aromatic heterocycles. The first-order valence-corrected chi connectivity index (χ1v) is 7.60. The number of carbonyl (C=O) groups excluding carboxylic acids is 1. The summed E-state index contributed by atoms with van der Waals surface area (Å²) in [6.07, 6.45) is 1.65. The molecule has 1 fully saturated rings. The molecule has 1 aliphatic heterocycles. The highest BCUT2D eigenvalue weighted by atomic mass is 79.9. The van der Waals surface area contributed by atoms with Gasteiger partial charge in [-0.05, 0) is 31.0 Å². The van der Waals surface area contributed by atoms with E-state index in [1.807, 2.05) is 11.0 Å². The van der Waals surface area contributed by atoms with Gasteiger partial charge in [-0.1, -0.05) is 39.7 Å². The van der Waals surface area contributed by atoms with Gasteiger partial charge in [0.05, 0.1) is 15.6 Å². The summed E-state index contributed by atoms with van der Waals surface area (Å²) in [6, 6.07) is 5.29. The molecule has 6 heteroatoms.